The van der Waals surface area contributed by atoms with Crippen molar-refractivity contribution >= 4 is 28.3 Å². The van der Waals surface area contributed by atoms with Crippen LogP contribution < -0.4 is 15.0 Å². The SMILES string of the molecule is CCN(CC)c1ccc(C(=O)Nc2ccc3nc(-c4ccc(OC)cc4)n(C)c3c2)cc1. The van der Waals surface area contributed by atoms with Gasteiger partial charge >= 0.3 is 0 Å². The van der Waals surface area contributed by atoms with Crippen LogP contribution in [0.15, 0.2) is 66.7 Å². The Labute approximate surface area is 188 Å². The Kier molecular flexibility index (Phi) is 6.12. The highest BCUT2D eigenvalue weighted by Crippen LogP contribution is 2.27. The van der Waals surface area contributed by atoms with Crippen LogP contribution >= 0.6 is 0 Å². The van der Waals surface area contributed by atoms with Gasteiger partial charge in [-0.2, -0.15) is 0 Å². The summed E-state index contributed by atoms with van der Waals surface area (Å²) in [6, 6.07) is 21.3. The van der Waals surface area contributed by atoms with Gasteiger partial charge in [0.1, 0.15) is 11.6 Å². The number of benzene rings is 3. The number of aryl methyl sites for hydroxylation is 1. The molecule has 1 amide bonds. The minimum Gasteiger partial charge on any atom is -0.497 e. The predicted octanol–water partition coefficient (Wildman–Crippen LogP) is 5.35. The molecule has 0 spiro atoms. The van der Waals surface area contributed by atoms with Crippen molar-refractivity contribution in [3.63, 3.8) is 0 Å². The first-order chi connectivity index (χ1) is 15.5. The number of carbonyl (C=O) groups excluding carboxylic acids is 1. The molecule has 1 aromatic heterocycles. The molecule has 1 N–H and O–H groups in total. The second-order valence-electron chi connectivity index (χ2n) is 7.60. The lowest BCUT2D eigenvalue weighted by atomic mass is 10.1. The second kappa shape index (κ2) is 9.14. The Hall–Kier alpha value is -3.80. The number of nitrogens with zero attached hydrogens (tertiary/aromatic N) is 3. The lowest BCUT2D eigenvalue weighted by molar-refractivity contribution is 0.102. The molecule has 1 heterocycles. The zero-order valence-electron chi connectivity index (χ0n) is 18.9. The third-order valence-corrected chi connectivity index (χ3v) is 5.74. The molecule has 6 nitrogen and oxygen atoms in total. The van der Waals surface area contributed by atoms with E-state index in [-0.39, 0.29) is 5.91 Å². The van der Waals surface area contributed by atoms with Crippen molar-refractivity contribution in [2.45, 2.75) is 13.8 Å². The van der Waals surface area contributed by atoms with Crippen molar-refractivity contribution in [3.05, 3.63) is 72.3 Å². The van der Waals surface area contributed by atoms with Crippen molar-refractivity contribution in [2.24, 2.45) is 7.05 Å². The van der Waals surface area contributed by atoms with Crippen molar-refractivity contribution in [3.8, 4) is 17.1 Å². The van der Waals surface area contributed by atoms with E-state index in [1.54, 1.807) is 7.11 Å². The smallest absolute Gasteiger partial charge is 0.255 e. The highest BCUT2D eigenvalue weighted by Gasteiger charge is 2.13. The number of carbonyl (C=O) groups is 1. The van der Waals surface area contributed by atoms with Crippen LogP contribution in [0.1, 0.15) is 24.2 Å². The maximum atomic E-state index is 12.8. The highest BCUT2D eigenvalue weighted by atomic mass is 16.5. The Morgan fingerprint density at radius 1 is 1.00 bits per heavy atom. The topological polar surface area (TPSA) is 59.4 Å². The van der Waals surface area contributed by atoms with Crippen LogP contribution in [0.3, 0.4) is 0 Å². The van der Waals surface area contributed by atoms with E-state index >= 15 is 0 Å². The number of ether oxygens (including phenoxy) is 1. The zero-order valence-corrected chi connectivity index (χ0v) is 18.9. The first-order valence-corrected chi connectivity index (χ1v) is 10.8. The van der Waals surface area contributed by atoms with E-state index in [1.807, 2.05) is 78.3 Å². The van der Waals surface area contributed by atoms with E-state index in [4.69, 9.17) is 9.72 Å². The number of hydrogen-bond acceptors (Lipinski definition) is 4. The first kappa shape index (κ1) is 21.4. The van der Waals surface area contributed by atoms with E-state index in [1.165, 1.54) is 0 Å². The zero-order chi connectivity index (χ0) is 22.7. The molecule has 0 unspecified atom stereocenters. The highest BCUT2D eigenvalue weighted by molar-refractivity contribution is 6.05. The molecule has 164 valence electrons. The Balaban J connectivity index is 1.56. The standard InChI is InChI=1S/C26H28N4O2/c1-5-30(6-2)21-12-7-19(8-13-21)26(31)27-20-11-16-23-24(17-20)29(3)25(28-23)18-9-14-22(32-4)15-10-18/h7-17H,5-6H2,1-4H3,(H,27,31). The second-order valence-corrected chi connectivity index (χ2v) is 7.60. The third-order valence-electron chi connectivity index (χ3n) is 5.74. The molecule has 3 aromatic carbocycles. The van der Waals surface area contributed by atoms with Gasteiger partial charge in [-0.1, -0.05) is 0 Å². The molecule has 0 atom stereocenters. The monoisotopic (exact) mass is 428 g/mol. The van der Waals surface area contributed by atoms with E-state index in [9.17, 15) is 4.79 Å². The van der Waals surface area contributed by atoms with E-state index in [0.717, 1.165) is 52.6 Å². The molecule has 4 rings (SSSR count). The van der Waals surface area contributed by atoms with Gasteiger partial charge in [-0.3, -0.25) is 4.79 Å². The maximum absolute atomic E-state index is 12.8. The number of aromatic nitrogens is 2. The normalized spacial score (nSPS) is 10.9. The lowest BCUT2D eigenvalue weighted by Crippen LogP contribution is -2.21. The Morgan fingerprint density at radius 2 is 1.69 bits per heavy atom. The van der Waals surface area contributed by atoms with Gasteiger partial charge in [0.25, 0.3) is 5.91 Å². The summed E-state index contributed by atoms with van der Waals surface area (Å²) in [5, 5.41) is 3.01. The molecule has 0 aliphatic heterocycles. The summed E-state index contributed by atoms with van der Waals surface area (Å²) in [7, 11) is 3.63. The number of anilines is 2. The molecule has 4 aromatic rings. The molecular formula is C26H28N4O2. The van der Waals surface area contributed by atoms with Crippen LogP contribution in [0, 0.1) is 0 Å². The largest absolute Gasteiger partial charge is 0.497 e. The molecule has 0 saturated heterocycles. The minimum atomic E-state index is -0.131. The van der Waals surface area contributed by atoms with Gasteiger partial charge in [-0.15, -0.1) is 0 Å². The quantitative estimate of drug-likeness (QED) is 0.431. The van der Waals surface area contributed by atoms with E-state index in [0.29, 0.717) is 5.56 Å². The summed E-state index contributed by atoms with van der Waals surface area (Å²) in [6.45, 7) is 6.12. The van der Waals surface area contributed by atoms with Crippen molar-refractivity contribution in [1.29, 1.82) is 0 Å². The summed E-state index contributed by atoms with van der Waals surface area (Å²) in [5.74, 6) is 1.54. The van der Waals surface area contributed by atoms with Crippen LogP contribution in [-0.4, -0.2) is 35.7 Å². The van der Waals surface area contributed by atoms with Gasteiger partial charge in [0.2, 0.25) is 0 Å². The molecule has 0 aliphatic carbocycles. The molecule has 0 aliphatic rings. The first-order valence-electron chi connectivity index (χ1n) is 10.8. The number of nitrogens with one attached hydrogen (secondary N) is 1. The van der Waals surface area contributed by atoms with Gasteiger partial charge in [0.05, 0.1) is 18.1 Å². The fraction of sp³-hybridized carbons (Fsp3) is 0.231. The van der Waals surface area contributed by atoms with Crippen LogP contribution in [0.2, 0.25) is 0 Å². The summed E-state index contributed by atoms with van der Waals surface area (Å²) < 4.78 is 7.28. The number of fused-ring (bicyclic) bond motifs is 1. The van der Waals surface area contributed by atoms with Crippen molar-refractivity contribution in [1.82, 2.24) is 9.55 Å². The van der Waals surface area contributed by atoms with Crippen LogP contribution in [0.4, 0.5) is 11.4 Å². The van der Waals surface area contributed by atoms with Crippen molar-refractivity contribution < 1.29 is 9.53 Å². The predicted molar refractivity (Wildman–Crippen MR) is 131 cm³/mol. The Morgan fingerprint density at radius 3 is 2.31 bits per heavy atom. The molecule has 0 bridgehead atoms. The Bertz CT molecular complexity index is 1220. The van der Waals surface area contributed by atoms with Crippen LogP contribution in [0.25, 0.3) is 22.4 Å². The maximum Gasteiger partial charge on any atom is 0.255 e. The van der Waals surface area contributed by atoms with Crippen LogP contribution in [0.5, 0.6) is 5.75 Å². The van der Waals surface area contributed by atoms with Gasteiger partial charge in [-0.25, -0.2) is 4.98 Å². The minimum absolute atomic E-state index is 0.131. The summed E-state index contributed by atoms with van der Waals surface area (Å²) in [4.78, 5) is 19.8. The van der Waals surface area contributed by atoms with Gasteiger partial charge in [0.15, 0.2) is 0 Å². The van der Waals surface area contributed by atoms with Crippen molar-refractivity contribution in [2.75, 3.05) is 30.4 Å². The summed E-state index contributed by atoms with van der Waals surface area (Å²) in [6.07, 6.45) is 0. The molecular weight excluding hydrogens is 400 g/mol. The lowest BCUT2D eigenvalue weighted by Gasteiger charge is -2.21. The summed E-state index contributed by atoms with van der Waals surface area (Å²) >= 11 is 0. The molecule has 0 fully saturated rings. The molecule has 32 heavy (non-hydrogen) atoms. The molecule has 6 heteroatoms. The van der Waals surface area contributed by atoms with E-state index < -0.39 is 0 Å². The summed E-state index contributed by atoms with van der Waals surface area (Å²) in [5.41, 5.74) is 5.31. The number of imidazole rings is 1. The van der Waals surface area contributed by atoms with Crippen LogP contribution in [-0.2, 0) is 7.05 Å². The molecule has 0 radical (unpaired) electrons. The fourth-order valence-electron chi connectivity index (χ4n) is 3.88. The van der Waals surface area contributed by atoms with Gasteiger partial charge < -0.3 is 19.5 Å². The number of amides is 1. The molecule has 0 saturated carbocycles. The van der Waals surface area contributed by atoms with Gasteiger partial charge in [-0.05, 0) is 80.6 Å². The number of rotatable bonds is 7. The third kappa shape index (κ3) is 4.17. The average molecular weight is 429 g/mol. The number of hydrogen-bond donors (Lipinski definition) is 1. The number of methoxy groups -OCH3 is 1. The van der Waals surface area contributed by atoms with E-state index in [2.05, 4.69) is 24.1 Å². The van der Waals surface area contributed by atoms with Gasteiger partial charge in [0, 0.05) is 42.6 Å². The fourth-order valence-corrected chi connectivity index (χ4v) is 3.88. The average Bonchev–Trinajstić information content (AvgIpc) is 3.16.